The van der Waals surface area contributed by atoms with Gasteiger partial charge < -0.3 is 19.8 Å². The molecule has 0 unspecified atom stereocenters. The summed E-state index contributed by atoms with van der Waals surface area (Å²) in [6, 6.07) is 3.26. The number of nitrogens with one attached hydrogen (secondary N) is 1. The van der Waals surface area contributed by atoms with Crippen molar-refractivity contribution in [1.82, 2.24) is 19.5 Å². The molecule has 3 aromatic rings. The first kappa shape index (κ1) is 23.6. The molecule has 1 aromatic carbocycles. The average Bonchev–Trinajstić information content (AvgIpc) is 3.12. The number of hydrogen-bond donors (Lipinski definition) is 2. The third kappa shape index (κ3) is 4.86. The molecular formula is C24H30N6O4. The Morgan fingerprint density at radius 1 is 1.26 bits per heavy atom. The second-order valence-corrected chi connectivity index (χ2v) is 8.45. The molecule has 1 aliphatic rings. The van der Waals surface area contributed by atoms with E-state index in [1.807, 2.05) is 25.3 Å². The highest BCUT2D eigenvalue weighted by atomic mass is 16.5. The molecule has 0 spiro atoms. The van der Waals surface area contributed by atoms with Gasteiger partial charge in [0.1, 0.15) is 17.0 Å². The molecule has 4 rings (SSSR count). The van der Waals surface area contributed by atoms with Crippen molar-refractivity contribution in [1.29, 1.82) is 0 Å². The predicted molar refractivity (Wildman–Crippen MR) is 127 cm³/mol. The van der Waals surface area contributed by atoms with Crippen LogP contribution in [0.3, 0.4) is 0 Å². The van der Waals surface area contributed by atoms with Gasteiger partial charge in [0.15, 0.2) is 0 Å². The second-order valence-electron chi connectivity index (χ2n) is 8.45. The van der Waals surface area contributed by atoms with Gasteiger partial charge in [-0.25, -0.2) is 9.97 Å². The van der Waals surface area contributed by atoms with Gasteiger partial charge in [-0.3, -0.25) is 19.9 Å². The molecule has 10 nitrogen and oxygen atoms in total. The molecule has 180 valence electrons. The number of fused-ring (bicyclic) bond motifs is 1. The number of aryl methyl sites for hydroxylation is 3. The van der Waals surface area contributed by atoms with E-state index in [1.165, 1.54) is 0 Å². The fraction of sp³-hybridized carbons (Fsp3) is 0.458. The van der Waals surface area contributed by atoms with Crippen LogP contribution < -0.4 is 15.8 Å². The van der Waals surface area contributed by atoms with E-state index in [-0.39, 0.29) is 11.6 Å². The average molecular weight is 467 g/mol. The quantitative estimate of drug-likeness (QED) is 0.469. The summed E-state index contributed by atoms with van der Waals surface area (Å²) in [6.07, 6.45) is 3.80. The third-order valence-electron chi connectivity index (χ3n) is 5.77. The van der Waals surface area contributed by atoms with Crippen LogP contribution in [-0.4, -0.2) is 51.2 Å². The largest absolute Gasteiger partial charge is 0.491 e. The van der Waals surface area contributed by atoms with E-state index in [2.05, 4.69) is 20.3 Å². The van der Waals surface area contributed by atoms with E-state index in [0.29, 0.717) is 59.5 Å². The van der Waals surface area contributed by atoms with E-state index in [0.717, 1.165) is 31.7 Å². The van der Waals surface area contributed by atoms with Gasteiger partial charge in [-0.2, -0.15) is 0 Å². The summed E-state index contributed by atoms with van der Waals surface area (Å²) >= 11 is 0. The first-order chi connectivity index (χ1) is 16.4. The Kier molecular flexibility index (Phi) is 7.06. The highest BCUT2D eigenvalue weighted by Gasteiger charge is 2.23. The van der Waals surface area contributed by atoms with Crippen LogP contribution >= 0.6 is 0 Å². The Bertz CT molecular complexity index is 1220. The molecular weight excluding hydrogens is 436 g/mol. The van der Waals surface area contributed by atoms with Gasteiger partial charge in [0.25, 0.3) is 5.91 Å². The number of primary amides is 1. The van der Waals surface area contributed by atoms with Crippen LogP contribution in [0.15, 0.2) is 18.3 Å². The van der Waals surface area contributed by atoms with E-state index in [1.54, 1.807) is 18.3 Å². The minimum Gasteiger partial charge on any atom is -0.491 e. The topological polar surface area (TPSA) is 134 Å². The number of rotatable bonds is 10. The summed E-state index contributed by atoms with van der Waals surface area (Å²) in [7, 11) is 0. The molecule has 2 aromatic heterocycles. The van der Waals surface area contributed by atoms with Gasteiger partial charge in [-0.05, 0) is 38.3 Å². The smallest absolute Gasteiger partial charge is 0.278 e. The van der Waals surface area contributed by atoms with E-state index in [9.17, 15) is 9.59 Å². The molecule has 3 heterocycles. The minimum absolute atomic E-state index is 0.264. The SMILES string of the molecule is CCCn1c(NC(=O)c2ncc(C)nc2CC)nc2cc(C(N)=O)cc(OCCC3COC3)c21. The standard InChI is InChI=1S/C24H30N6O4/c1-4-7-30-21-18(9-16(22(25)31)10-19(21)34-8-6-15-12-33-13-15)28-24(30)29-23(32)20-17(5-2)27-14(3)11-26-20/h9-11,15H,4-8,12-13H2,1-3H3,(H2,25,31)(H,28,29,32). The predicted octanol–water partition coefficient (Wildman–Crippen LogP) is 2.87. The van der Waals surface area contributed by atoms with Gasteiger partial charge in [-0.15, -0.1) is 0 Å². The number of hydrogen-bond acceptors (Lipinski definition) is 7. The fourth-order valence-corrected chi connectivity index (χ4v) is 3.93. The molecule has 1 fully saturated rings. The van der Waals surface area contributed by atoms with Crippen LogP contribution in [0.1, 0.15) is 58.9 Å². The molecule has 0 bridgehead atoms. The van der Waals surface area contributed by atoms with Crippen molar-refractivity contribution in [2.75, 3.05) is 25.1 Å². The zero-order valence-corrected chi connectivity index (χ0v) is 19.8. The van der Waals surface area contributed by atoms with Crippen molar-refractivity contribution in [2.24, 2.45) is 11.7 Å². The molecule has 10 heteroatoms. The Balaban J connectivity index is 1.71. The number of ether oxygens (including phenoxy) is 2. The number of anilines is 1. The molecule has 0 radical (unpaired) electrons. The molecule has 1 saturated heterocycles. The summed E-state index contributed by atoms with van der Waals surface area (Å²) in [5.74, 6) is 0.382. The number of nitrogens with zero attached hydrogens (tertiary/aromatic N) is 4. The lowest BCUT2D eigenvalue weighted by molar-refractivity contribution is -0.0400. The highest BCUT2D eigenvalue weighted by Crippen LogP contribution is 2.32. The zero-order chi connectivity index (χ0) is 24.2. The van der Waals surface area contributed by atoms with Gasteiger partial charge >= 0.3 is 0 Å². The summed E-state index contributed by atoms with van der Waals surface area (Å²) in [4.78, 5) is 38.4. The second kappa shape index (κ2) is 10.2. The van der Waals surface area contributed by atoms with Crippen LogP contribution in [-0.2, 0) is 17.7 Å². The normalized spacial score (nSPS) is 13.6. The molecule has 34 heavy (non-hydrogen) atoms. The van der Waals surface area contributed by atoms with Crippen molar-refractivity contribution < 1.29 is 19.1 Å². The molecule has 0 aliphatic carbocycles. The Labute approximate surface area is 197 Å². The Morgan fingerprint density at radius 2 is 2.06 bits per heavy atom. The summed E-state index contributed by atoms with van der Waals surface area (Å²) in [5.41, 5.74) is 8.72. The molecule has 0 saturated carbocycles. The van der Waals surface area contributed by atoms with Crippen LogP contribution in [0.4, 0.5) is 5.95 Å². The van der Waals surface area contributed by atoms with Crippen LogP contribution in [0.5, 0.6) is 5.75 Å². The van der Waals surface area contributed by atoms with Crippen molar-refractivity contribution in [3.05, 3.63) is 41.0 Å². The van der Waals surface area contributed by atoms with E-state index < -0.39 is 5.91 Å². The first-order valence-electron chi connectivity index (χ1n) is 11.6. The number of amides is 2. The number of nitrogens with two attached hydrogens (primary N) is 1. The Morgan fingerprint density at radius 3 is 2.71 bits per heavy atom. The van der Waals surface area contributed by atoms with Gasteiger partial charge in [-0.1, -0.05) is 13.8 Å². The number of benzene rings is 1. The zero-order valence-electron chi connectivity index (χ0n) is 19.8. The van der Waals surface area contributed by atoms with Gasteiger partial charge in [0, 0.05) is 24.2 Å². The van der Waals surface area contributed by atoms with Crippen molar-refractivity contribution in [3.63, 3.8) is 0 Å². The highest BCUT2D eigenvalue weighted by molar-refractivity contribution is 6.04. The van der Waals surface area contributed by atoms with Gasteiger partial charge in [0.05, 0.1) is 36.7 Å². The maximum atomic E-state index is 13.1. The first-order valence-corrected chi connectivity index (χ1v) is 11.6. The van der Waals surface area contributed by atoms with E-state index >= 15 is 0 Å². The van der Waals surface area contributed by atoms with Crippen LogP contribution in [0, 0.1) is 12.8 Å². The fourth-order valence-electron chi connectivity index (χ4n) is 3.93. The summed E-state index contributed by atoms with van der Waals surface area (Å²) in [6.45, 7) is 8.35. The molecule has 0 atom stereocenters. The van der Waals surface area contributed by atoms with Gasteiger partial charge in [0.2, 0.25) is 11.9 Å². The lowest BCUT2D eigenvalue weighted by Crippen LogP contribution is -2.28. The van der Waals surface area contributed by atoms with Crippen molar-refractivity contribution in [2.45, 2.75) is 46.6 Å². The van der Waals surface area contributed by atoms with Crippen molar-refractivity contribution >= 4 is 28.8 Å². The molecule has 3 N–H and O–H groups in total. The number of imidazole rings is 1. The van der Waals surface area contributed by atoms with Crippen LogP contribution in [0.25, 0.3) is 11.0 Å². The third-order valence-corrected chi connectivity index (χ3v) is 5.77. The lowest BCUT2D eigenvalue weighted by Gasteiger charge is -2.25. The number of aromatic nitrogens is 4. The molecule has 2 amide bonds. The maximum Gasteiger partial charge on any atom is 0.278 e. The summed E-state index contributed by atoms with van der Waals surface area (Å²) < 4.78 is 13.2. The monoisotopic (exact) mass is 466 g/mol. The number of carbonyl (C=O) groups is 2. The Hall–Kier alpha value is -3.53. The van der Waals surface area contributed by atoms with E-state index in [4.69, 9.17) is 15.2 Å². The lowest BCUT2D eigenvalue weighted by atomic mass is 10.1. The number of carbonyl (C=O) groups excluding carboxylic acids is 2. The molecule has 1 aliphatic heterocycles. The van der Waals surface area contributed by atoms with Crippen molar-refractivity contribution in [3.8, 4) is 5.75 Å². The van der Waals surface area contributed by atoms with Crippen LogP contribution in [0.2, 0.25) is 0 Å². The summed E-state index contributed by atoms with van der Waals surface area (Å²) in [5, 5.41) is 2.89. The minimum atomic E-state index is -0.572. The maximum absolute atomic E-state index is 13.1.